The fourth-order valence-corrected chi connectivity index (χ4v) is 3.60. The Morgan fingerprint density at radius 1 is 1.10 bits per heavy atom. The number of carbonyl (C=O) groups excluding carboxylic acids is 2. The zero-order chi connectivity index (χ0) is 20.8. The summed E-state index contributed by atoms with van der Waals surface area (Å²) in [6.07, 6.45) is 1.04. The number of thiazole rings is 1. The first kappa shape index (κ1) is 19.8. The number of ether oxygens (including phenoxy) is 1. The van der Waals surface area contributed by atoms with E-state index in [0.29, 0.717) is 11.4 Å². The van der Waals surface area contributed by atoms with Crippen LogP contribution in [0.2, 0.25) is 0 Å². The van der Waals surface area contributed by atoms with Gasteiger partial charge in [0.1, 0.15) is 15.3 Å². The third-order valence-corrected chi connectivity index (χ3v) is 4.96. The van der Waals surface area contributed by atoms with E-state index in [-0.39, 0.29) is 14.8 Å². The van der Waals surface area contributed by atoms with Gasteiger partial charge in [-0.15, -0.1) is 11.3 Å². The number of rotatable bonds is 4. The minimum Gasteiger partial charge on any atom is -0.466 e. The lowest BCUT2D eigenvalue weighted by molar-refractivity contribution is -0.133. The van der Waals surface area contributed by atoms with Gasteiger partial charge in [0, 0.05) is 11.8 Å². The van der Waals surface area contributed by atoms with Crippen LogP contribution in [0.15, 0.2) is 65.5 Å². The molecule has 144 valence electrons. The molecule has 1 N–H and O–H groups in total. The highest BCUT2D eigenvalue weighted by atomic mass is 32.1. The van der Waals surface area contributed by atoms with E-state index in [2.05, 4.69) is 10.1 Å². The van der Waals surface area contributed by atoms with E-state index in [1.54, 1.807) is 60.7 Å². The summed E-state index contributed by atoms with van der Waals surface area (Å²) < 4.78 is 6.00. The number of methoxy groups -OCH3 is 1. The number of benzene rings is 2. The van der Waals surface area contributed by atoms with Crippen molar-refractivity contribution >= 4 is 40.5 Å². The molecule has 0 aliphatic rings. The maximum atomic E-state index is 12.9. The van der Waals surface area contributed by atoms with Crippen LogP contribution < -0.4 is 20.1 Å². The van der Waals surface area contributed by atoms with Crippen molar-refractivity contribution in [1.29, 1.82) is 5.26 Å². The van der Waals surface area contributed by atoms with E-state index in [1.807, 2.05) is 6.07 Å². The topological polar surface area (TPSA) is 101 Å². The molecule has 1 heterocycles. The monoisotopic (exact) mass is 405 g/mol. The van der Waals surface area contributed by atoms with Crippen molar-refractivity contribution in [3.63, 3.8) is 0 Å². The van der Waals surface area contributed by atoms with Gasteiger partial charge >= 0.3 is 5.97 Å². The Morgan fingerprint density at radius 2 is 1.72 bits per heavy atom. The van der Waals surface area contributed by atoms with Crippen molar-refractivity contribution in [3.05, 3.63) is 80.2 Å². The van der Waals surface area contributed by atoms with E-state index in [4.69, 9.17) is 0 Å². The molecule has 0 bridgehead atoms. The first-order valence-electron chi connectivity index (χ1n) is 8.43. The van der Waals surface area contributed by atoms with Gasteiger partial charge in [0.05, 0.1) is 12.8 Å². The molecule has 29 heavy (non-hydrogen) atoms. The van der Waals surface area contributed by atoms with E-state index in [0.717, 1.165) is 17.4 Å². The lowest BCUT2D eigenvalue weighted by Crippen LogP contribution is -2.32. The fraction of sp³-hybridized carbons (Fsp3) is 0.0476. The minimum atomic E-state index is -0.706. The highest BCUT2D eigenvalue weighted by Crippen LogP contribution is 2.08. The SMILES string of the molecule is COC(=O)/C=c1\s/c(=C(\C#N)C(=O)Nc2ccccc2)n(-c2ccccc2)c1=O. The van der Waals surface area contributed by atoms with Crippen molar-refractivity contribution in [2.75, 3.05) is 12.4 Å². The van der Waals surface area contributed by atoms with Crippen LogP contribution in [0, 0.1) is 11.3 Å². The fourth-order valence-electron chi connectivity index (χ4n) is 2.54. The van der Waals surface area contributed by atoms with Gasteiger partial charge in [-0.05, 0) is 24.3 Å². The van der Waals surface area contributed by atoms with Gasteiger partial charge in [-0.25, -0.2) is 4.79 Å². The highest BCUT2D eigenvalue weighted by molar-refractivity contribution is 7.07. The van der Waals surface area contributed by atoms with E-state index < -0.39 is 17.4 Å². The predicted octanol–water partition coefficient (Wildman–Crippen LogP) is 1.17. The molecule has 2 aromatic carbocycles. The molecule has 1 amide bonds. The average Bonchev–Trinajstić information content (AvgIpc) is 3.05. The quantitative estimate of drug-likeness (QED) is 0.657. The normalized spacial score (nSPS) is 12.1. The molecule has 3 rings (SSSR count). The number of anilines is 1. The summed E-state index contributed by atoms with van der Waals surface area (Å²) in [6, 6.07) is 19.1. The Kier molecular flexibility index (Phi) is 6.02. The molecule has 0 spiro atoms. The first-order valence-corrected chi connectivity index (χ1v) is 9.24. The van der Waals surface area contributed by atoms with Crippen LogP contribution in [0.3, 0.4) is 0 Å². The summed E-state index contributed by atoms with van der Waals surface area (Å²) in [5.41, 5.74) is 0.205. The molecule has 0 aliphatic heterocycles. The van der Waals surface area contributed by atoms with Crippen LogP contribution in [-0.4, -0.2) is 23.6 Å². The van der Waals surface area contributed by atoms with Gasteiger partial charge in [0.25, 0.3) is 11.5 Å². The molecule has 0 radical (unpaired) electrons. The van der Waals surface area contributed by atoms with Crippen LogP contribution in [0.4, 0.5) is 5.69 Å². The molecule has 0 fully saturated rings. The van der Waals surface area contributed by atoms with Crippen LogP contribution in [0.25, 0.3) is 17.3 Å². The molecule has 7 nitrogen and oxygen atoms in total. The third-order valence-electron chi connectivity index (χ3n) is 3.87. The average molecular weight is 405 g/mol. The van der Waals surface area contributed by atoms with Crippen LogP contribution in [0.1, 0.15) is 0 Å². The Labute approximate surface area is 169 Å². The molecule has 3 aromatic rings. The number of aromatic nitrogens is 1. The van der Waals surface area contributed by atoms with Crippen molar-refractivity contribution in [3.8, 4) is 11.8 Å². The highest BCUT2D eigenvalue weighted by Gasteiger charge is 2.17. The first-order chi connectivity index (χ1) is 14.0. The molecular formula is C21H15N3O4S. The number of nitrogens with zero attached hydrogens (tertiary/aromatic N) is 2. The number of carbonyl (C=O) groups is 2. The van der Waals surface area contributed by atoms with E-state index in [9.17, 15) is 19.6 Å². The number of amides is 1. The predicted molar refractivity (Wildman–Crippen MR) is 110 cm³/mol. The summed E-state index contributed by atoms with van der Waals surface area (Å²) in [5, 5.41) is 12.3. The number of hydrogen-bond donors (Lipinski definition) is 1. The smallest absolute Gasteiger partial charge is 0.332 e. The molecule has 8 heteroatoms. The van der Waals surface area contributed by atoms with Gasteiger partial charge in [-0.3, -0.25) is 14.2 Å². The maximum absolute atomic E-state index is 12.9. The Morgan fingerprint density at radius 3 is 2.31 bits per heavy atom. The number of esters is 1. The van der Waals surface area contributed by atoms with Gasteiger partial charge in [0.15, 0.2) is 5.57 Å². The maximum Gasteiger partial charge on any atom is 0.332 e. The van der Waals surface area contributed by atoms with Crippen molar-refractivity contribution in [2.24, 2.45) is 0 Å². The second-order valence-electron chi connectivity index (χ2n) is 5.72. The number of para-hydroxylation sites is 2. The summed E-state index contributed by atoms with van der Waals surface area (Å²) in [4.78, 5) is 37.3. The molecule has 0 aliphatic carbocycles. The van der Waals surface area contributed by atoms with Crippen molar-refractivity contribution in [2.45, 2.75) is 0 Å². The summed E-state index contributed by atoms with van der Waals surface area (Å²) in [7, 11) is 1.20. The van der Waals surface area contributed by atoms with E-state index in [1.165, 1.54) is 11.7 Å². The standard InChI is InChI=1S/C21H15N3O4S/c1-28-18(25)12-17-20(27)24(15-10-6-3-7-11-15)21(29-17)16(13-22)19(26)23-14-8-4-2-5-9-14/h2-12H,1H3,(H,23,26)/b17-12-,21-16+. The molecule has 0 saturated heterocycles. The zero-order valence-corrected chi connectivity index (χ0v) is 16.1. The number of nitrogens with one attached hydrogen (secondary N) is 1. The molecule has 0 atom stereocenters. The van der Waals surface area contributed by atoms with Gasteiger partial charge in [-0.1, -0.05) is 36.4 Å². The third kappa shape index (κ3) is 4.31. The Bertz CT molecular complexity index is 1270. The Balaban J connectivity index is 2.28. The van der Waals surface area contributed by atoms with Crippen LogP contribution in [-0.2, 0) is 14.3 Å². The number of nitriles is 1. The zero-order valence-electron chi connectivity index (χ0n) is 15.3. The van der Waals surface area contributed by atoms with E-state index >= 15 is 0 Å². The second kappa shape index (κ2) is 8.82. The number of hydrogen-bond acceptors (Lipinski definition) is 6. The Hall–Kier alpha value is -3.96. The van der Waals surface area contributed by atoms with Crippen molar-refractivity contribution in [1.82, 2.24) is 4.57 Å². The molecule has 0 unspecified atom stereocenters. The van der Waals surface area contributed by atoms with Gasteiger partial charge < -0.3 is 10.1 Å². The minimum absolute atomic E-state index is 0.0518. The molecular weight excluding hydrogens is 390 g/mol. The largest absolute Gasteiger partial charge is 0.466 e. The lowest BCUT2D eigenvalue weighted by atomic mass is 10.2. The lowest BCUT2D eigenvalue weighted by Gasteiger charge is -2.05. The van der Waals surface area contributed by atoms with Crippen molar-refractivity contribution < 1.29 is 14.3 Å². The second-order valence-corrected chi connectivity index (χ2v) is 6.75. The van der Waals surface area contributed by atoms with Gasteiger partial charge in [0.2, 0.25) is 0 Å². The van der Waals surface area contributed by atoms with Crippen LogP contribution >= 0.6 is 11.3 Å². The van der Waals surface area contributed by atoms with Crippen LogP contribution in [0.5, 0.6) is 0 Å². The summed E-state index contributed by atoms with van der Waals surface area (Å²) in [5.74, 6) is -1.36. The summed E-state index contributed by atoms with van der Waals surface area (Å²) >= 11 is 0.870. The summed E-state index contributed by atoms with van der Waals surface area (Å²) in [6.45, 7) is 0. The van der Waals surface area contributed by atoms with Gasteiger partial charge in [-0.2, -0.15) is 5.26 Å². The molecule has 0 saturated carbocycles. The molecule has 1 aromatic heterocycles.